The first-order valence-corrected chi connectivity index (χ1v) is 6.98. The van der Waals surface area contributed by atoms with Crippen LogP contribution in [0.5, 0.6) is 5.75 Å². The molecule has 0 bridgehead atoms. The van der Waals surface area contributed by atoms with Crippen LogP contribution in [0.25, 0.3) is 11.0 Å². The van der Waals surface area contributed by atoms with Crippen molar-refractivity contribution < 1.29 is 19.1 Å². The molecule has 1 aromatic carbocycles. The third-order valence-electron chi connectivity index (χ3n) is 3.77. The molecule has 0 aliphatic heterocycles. The van der Waals surface area contributed by atoms with Crippen molar-refractivity contribution >= 4 is 16.9 Å². The minimum atomic E-state index is -1.28. The van der Waals surface area contributed by atoms with Crippen LogP contribution in [0.1, 0.15) is 29.5 Å². The van der Waals surface area contributed by atoms with Gasteiger partial charge in [0.15, 0.2) is 0 Å². The van der Waals surface area contributed by atoms with Crippen molar-refractivity contribution in [2.75, 3.05) is 6.61 Å². The summed E-state index contributed by atoms with van der Waals surface area (Å²) < 4.78 is 10.7. The lowest BCUT2D eigenvalue weighted by molar-refractivity contribution is -0.307. The number of ether oxygens (including phenoxy) is 1. The number of carbonyl (C=O) groups excluding carboxylic acids is 1. The summed E-state index contributed by atoms with van der Waals surface area (Å²) in [6.45, 7) is 1.32. The predicted molar refractivity (Wildman–Crippen MR) is 74.4 cm³/mol. The second-order valence-electron chi connectivity index (χ2n) is 5.35. The van der Waals surface area contributed by atoms with Crippen LogP contribution in [-0.4, -0.2) is 12.6 Å². The van der Waals surface area contributed by atoms with Crippen molar-refractivity contribution in [3.05, 3.63) is 39.2 Å². The molecule has 0 fully saturated rings. The second kappa shape index (κ2) is 5.24. The average Bonchev–Trinajstić information content (AvgIpc) is 2.44. The van der Waals surface area contributed by atoms with Crippen LogP contribution >= 0.6 is 0 Å². The number of hydrogen-bond acceptors (Lipinski definition) is 5. The Morgan fingerprint density at radius 2 is 2.00 bits per heavy atom. The third kappa shape index (κ3) is 2.51. The van der Waals surface area contributed by atoms with Crippen LogP contribution in [-0.2, 0) is 17.6 Å². The molecule has 0 unspecified atom stereocenters. The Bertz CT molecular complexity index is 772. The molecule has 0 atom stereocenters. The fraction of sp³-hybridized carbons (Fsp3) is 0.375. The maximum Gasteiger partial charge on any atom is 0.339 e. The smallest absolute Gasteiger partial charge is 0.339 e. The molecule has 0 spiro atoms. The van der Waals surface area contributed by atoms with Gasteiger partial charge in [0.2, 0.25) is 0 Å². The Labute approximate surface area is 121 Å². The second-order valence-corrected chi connectivity index (χ2v) is 5.35. The molecule has 5 heteroatoms. The van der Waals surface area contributed by atoms with E-state index in [4.69, 9.17) is 9.15 Å². The molecule has 0 N–H and O–H groups in total. The largest absolute Gasteiger partial charge is 0.546 e. The Hall–Kier alpha value is -2.30. The molecule has 0 saturated carbocycles. The van der Waals surface area contributed by atoms with E-state index in [1.807, 2.05) is 6.92 Å². The molecule has 1 aliphatic rings. The fourth-order valence-electron chi connectivity index (χ4n) is 2.92. The maximum absolute atomic E-state index is 12.1. The number of hydrogen-bond donors (Lipinski definition) is 0. The molecule has 1 aliphatic carbocycles. The van der Waals surface area contributed by atoms with Gasteiger partial charge >= 0.3 is 5.63 Å². The topological polar surface area (TPSA) is 79.6 Å². The summed E-state index contributed by atoms with van der Waals surface area (Å²) in [6.07, 6.45) is 3.44. The van der Waals surface area contributed by atoms with Crippen LogP contribution in [0.3, 0.4) is 0 Å². The van der Waals surface area contributed by atoms with E-state index in [0.29, 0.717) is 23.3 Å². The Balaban J connectivity index is 2.25. The SMILES string of the molecule is Cc1cc(OCC(=O)[O-])c2c3c(c(=O)oc2c1)CCCC3. The predicted octanol–water partition coefficient (Wildman–Crippen LogP) is 1.11. The lowest BCUT2D eigenvalue weighted by Crippen LogP contribution is -2.29. The van der Waals surface area contributed by atoms with Gasteiger partial charge in [0.1, 0.15) is 17.9 Å². The lowest BCUT2D eigenvalue weighted by Gasteiger charge is -2.19. The van der Waals surface area contributed by atoms with Gasteiger partial charge in [-0.1, -0.05) is 0 Å². The summed E-state index contributed by atoms with van der Waals surface area (Å²) in [6, 6.07) is 3.54. The normalized spacial score (nSPS) is 14.0. The molecule has 5 nitrogen and oxygen atoms in total. The minimum absolute atomic E-state index is 0.298. The van der Waals surface area contributed by atoms with Gasteiger partial charge in [-0.3, -0.25) is 0 Å². The standard InChI is InChI=1S/C16H16O5/c1-9-6-12(20-8-14(17)18)15-10-4-2-3-5-11(10)16(19)21-13(15)7-9/h6-7H,2-5,8H2,1H3,(H,17,18)/p-1. The third-order valence-corrected chi connectivity index (χ3v) is 3.77. The highest BCUT2D eigenvalue weighted by atomic mass is 16.5. The van der Waals surface area contributed by atoms with Gasteiger partial charge in [0, 0.05) is 5.56 Å². The molecular formula is C16H15O5-. The molecule has 0 radical (unpaired) electrons. The number of rotatable bonds is 3. The zero-order valence-corrected chi connectivity index (χ0v) is 11.7. The van der Waals surface area contributed by atoms with Crippen molar-refractivity contribution in [2.45, 2.75) is 32.6 Å². The molecule has 1 aromatic heterocycles. The van der Waals surface area contributed by atoms with Gasteiger partial charge in [0.05, 0.1) is 11.4 Å². The Morgan fingerprint density at radius 1 is 1.29 bits per heavy atom. The molecule has 21 heavy (non-hydrogen) atoms. The van der Waals surface area contributed by atoms with Gasteiger partial charge in [-0.05, 0) is 55.9 Å². The number of carbonyl (C=O) groups is 1. The van der Waals surface area contributed by atoms with E-state index < -0.39 is 12.6 Å². The van der Waals surface area contributed by atoms with Gasteiger partial charge < -0.3 is 19.1 Å². The van der Waals surface area contributed by atoms with E-state index in [2.05, 4.69) is 0 Å². The van der Waals surface area contributed by atoms with E-state index in [-0.39, 0.29) is 5.63 Å². The van der Waals surface area contributed by atoms with Crippen molar-refractivity contribution in [3.63, 3.8) is 0 Å². The van der Waals surface area contributed by atoms with Crippen molar-refractivity contribution in [1.29, 1.82) is 0 Å². The minimum Gasteiger partial charge on any atom is -0.546 e. The first-order chi connectivity index (χ1) is 10.1. The van der Waals surface area contributed by atoms with E-state index in [1.54, 1.807) is 12.1 Å². The van der Waals surface area contributed by atoms with Gasteiger partial charge in [-0.2, -0.15) is 0 Å². The first-order valence-electron chi connectivity index (χ1n) is 6.98. The Kier molecular flexibility index (Phi) is 3.41. The summed E-state index contributed by atoms with van der Waals surface area (Å²) in [5.74, 6) is -0.841. The van der Waals surface area contributed by atoms with Crippen molar-refractivity contribution in [1.82, 2.24) is 0 Å². The monoisotopic (exact) mass is 287 g/mol. The molecular weight excluding hydrogens is 272 g/mol. The number of carboxylic acid groups (broad SMARTS) is 1. The zero-order valence-electron chi connectivity index (χ0n) is 11.7. The van der Waals surface area contributed by atoms with Crippen LogP contribution in [0.4, 0.5) is 0 Å². The van der Waals surface area contributed by atoms with E-state index >= 15 is 0 Å². The van der Waals surface area contributed by atoms with Crippen LogP contribution in [0.2, 0.25) is 0 Å². The van der Waals surface area contributed by atoms with Crippen LogP contribution in [0.15, 0.2) is 21.3 Å². The van der Waals surface area contributed by atoms with E-state index in [0.717, 1.165) is 35.8 Å². The summed E-state index contributed by atoms with van der Waals surface area (Å²) in [4.78, 5) is 22.7. The summed E-state index contributed by atoms with van der Waals surface area (Å²) in [5, 5.41) is 11.3. The number of aryl methyl sites for hydroxylation is 2. The average molecular weight is 287 g/mol. The van der Waals surface area contributed by atoms with Crippen molar-refractivity contribution in [2.24, 2.45) is 0 Å². The summed E-state index contributed by atoms with van der Waals surface area (Å²) >= 11 is 0. The van der Waals surface area contributed by atoms with Gasteiger partial charge in [0.25, 0.3) is 0 Å². The molecule has 2 aromatic rings. The maximum atomic E-state index is 12.1. The van der Waals surface area contributed by atoms with Gasteiger partial charge in [-0.25, -0.2) is 4.79 Å². The molecule has 0 saturated heterocycles. The highest BCUT2D eigenvalue weighted by Gasteiger charge is 2.21. The Morgan fingerprint density at radius 3 is 2.71 bits per heavy atom. The first kappa shape index (κ1) is 13.7. The van der Waals surface area contributed by atoms with Crippen LogP contribution < -0.4 is 15.5 Å². The number of aliphatic carboxylic acids is 1. The highest BCUT2D eigenvalue weighted by Crippen LogP contribution is 2.34. The van der Waals surface area contributed by atoms with E-state index in [9.17, 15) is 14.7 Å². The number of benzene rings is 1. The van der Waals surface area contributed by atoms with Crippen LogP contribution in [0, 0.1) is 6.92 Å². The number of fused-ring (bicyclic) bond motifs is 3. The molecule has 110 valence electrons. The van der Waals surface area contributed by atoms with E-state index in [1.165, 1.54) is 0 Å². The fourth-order valence-corrected chi connectivity index (χ4v) is 2.92. The lowest BCUT2D eigenvalue weighted by atomic mass is 9.90. The molecule has 1 heterocycles. The van der Waals surface area contributed by atoms with Crippen molar-refractivity contribution in [3.8, 4) is 5.75 Å². The summed E-state index contributed by atoms with van der Waals surface area (Å²) in [7, 11) is 0. The van der Waals surface area contributed by atoms with Gasteiger partial charge in [-0.15, -0.1) is 0 Å². The highest BCUT2D eigenvalue weighted by molar-refractivity contribution is 5.89. The number of carboxylic acids is 1. The molecule has 0 amide bonds. The quantitative estimate of drug-likeness (QED) is 0.790. The summed E-state index contributed by atoms with van der Waals surface area (Å²) in [5.41, 5.74) is 2.62. The molecule has 3 rings (SSSR count). The zero-order chi connectivity index (χ0) is 15.0.